The highest BCUT2D eigenvalue weighted by Crippen LogP contribution is 2.24. The van der Waals surface area contributed by atoms with Gasteiger partial charge in [-0.2, -0.15) is 0 Å². The molecule has 6 nitrogen and oxygen atoms in total. The van der Waals surface area contributed by atoms with Crippen molar-refractivity contribution in [2.75, 3.05) is 45.8 Å². The van der Waals surface area contributed by atoms with E-state index in [0.717, 1.165) is 31.5 Å². The lowest BCUT2D eigenvalue weighted by Gasteiger charge is -2.35. The van der Waals surface area contributed by atoms with E-state index in [1.165, 1.54) is 12.8 Å². The first kappa shape index (κ1) is 20.9. The van der Waals surface area contributed by atoms with Crippen molar-refractivity contribution in [2.45, 2.75) is 25.7 Å². The summed E-state index contributed by atoms with van der Waals surface area (Å²) in [5.41, 5.74) is 0.885. The zero-order valence-electron chi connectivity index (χ0n) is 17.2. The van der Waals surface area contributed by atoms with Crippen LogP contribution in [0.2, 0.25) is 5.02 Å². The van der Waals surface area contributed by atoms with Crippen LogP contribution in [-0.2, 0) is 4.79 Å². The first-order valence-electron chi connectivity index (χ1n) is 10.8. The van der Waals surface area contributed by atoms with Crippen LogP contribution in [-0.4, -0.2) is 72.3 Å². The third-order valence-corrected chi connectivity index (χ3v) is 6.17. The van der Waals surface area contributed by atoms with Gasteiger partial charge in [-0.1, -0.05) is 24.4 Å². The number of furan rings is 1. The van der Waals surface area contributed by atoms with E-state index in [1.54, 1.807) is 23.1 Å². The second-order valence-electron chi connectivity index (χ2n) is 8.03. The summed E-state index contributed by atoms with van der Waals surface area (Å²) in [6, 6.07) is 10.9. The molecule has 2 fully saturated rings. The number of hydrogen-bond acceptors (Lipinski definition) is 4. The fourth-order valence-electron chi connectivity index (χ4n) is 4.10. The van der Waals surface area contributed by atoms with Crippen molar-refractivity contribution in [3.63, 3.8) is 0 Å². The van der Waals surface area contributed by atoms with Gasteiger partial charge in [0, 0.05) is 49.9 Å². The van der Waals surface area contributed by atoms with Gasteiger partial charge in [-0.15, -0.1) is 0 Å². The molecule has 7 heteroatoms. The maximum atomic E-state index is 12.8. The largest absolute Gasteiger partial charge is 0.451 e. The highest BCUT2D eigenvalue weighted by molar-refractivity contribution is 6.30. The van der Waals surface area contributed by atoms with E-state index in [0.29, 0.717) is 49.3 Å². The highest BCUT2D eigenvalue weighted by atomic mass is 35.5. The van der Waals surface area contributed by atoms with Crippen LogP contribution in [0.4, 0.5) is 0 Å². The number of carbonyl (C=O) groups is 2. The molecule has 0 bridgehead atoms. The Morgan fingerprint density at radius 3 is 2.13 bits per heavy atom. The summed E-state index contributed by atoms with van der Waals surface area (Å²) < 4.78 is 5.80. The minimum Gasteiger partial charge on any atom is -0.451 e. The monoisotopic (exact) mass is 429 g/mol. The van der Waals surface area contributed by atoms with Gasteiger partial charge >= 0.3 is 0 Å². The summed E-state index contributed by atoms with van der Waals surface area (Å²) in [6.07, 6.45) is 4.65. The Labute approximate surface area is 182 Å². The average molecular weight is 430 g/mol. The van der Waals surface area contributed by atoms with E-state index in [2.05, 4.69) is 4.90 Å². The molecule has 0 saturated carbocycles. The van der Waals surface area contributed by atoms with Gasteiger partial charge in [-0.25, -0.2) is 0 Å². The molecular formula is C23H28ClN3O3. The first-order valence-corrected chi connectivity index (χ1v) is 11.1. The Kier molecular flexibility index (Phi) is 6.75. The van der Waals surface area contributed by atoms with E-state index in [1.807, 2.05) is 23.1 Å². The average Bonchev–Trinajstić information content (AvgIpc) is 3.09. The molecule has 0 aliphatic carbocycles. The molecule has 1 aromatic carbocycles. The molecule has 0 N–H and O–H groups in total. The van der Waals surface area contributed by atoms with Gasteiger partial charge in [-0.05, 0) is 49.2 Å². The van der Waals surface area contributed by atoms with Gasteiger partial charge in [0.15, 0.2) is 5.76 Å². The zero-order chi connectivity index (χ0) is 20.9. The van der Waals surface area contributed by atoms with Gasteiger partial charge in [0.25, 0.3) is 5.91 Å². The minimum absolute atomic E-state index is 0.103. The van der Waals surface area contributed by atoms with E-state index >= 15 is 0 Å². The SMILES string of the molecule is O=C(CN1CCN(C(=O)c2ccc(-c3ccc(Cl)cc3)o2)CC1)N1CCCCCC1. The maximum Gasteiger partial charge on any atom is 0.289 e. The summed E-state index contributed by atoms with van der Waals surface area (Å²) in [7, 11) is 0. The van der Waals surface area contributed by atoms with Crippen molar-refractivity contribution in [1.82, 2.24) is 14.7 Å². The molecule has 2 saturated heterocycles. The number of rotatable bonds is 4. The molecular weight excluding hydrogens is 402 g/mol. The molecule has 2 aliphatic rings. The number of piperazine rings is 1. The molecule has 2 amide bonds. The summed E-state index contributed by atoms with van der Waals surface area (Å²) in [6.45, 7) is 4.82. The number of halogens is 1. The van der Waals surface area contributed by atoms with E-state index in [9.17, 15) is 9.59 Å². The molecule has 1 aromatic heterocycles. The Bertz CT molecular complexity index is 864. The normalized spacial score (nSPS) is 18.3. The molecule has 0 unspecified atom stereocenters. The minimum atomic E-state index is -0.103. The third kappa shape index (κ3) is 5.05. The van der Waals surface area contributed by atoms with Crippen molar-refractivity contribution < 1.29 is 14.0 Å². The van der Waals surface area contributed by atoms with Crippen LogP contribution in [0.25, 0.3) is 11.3 Å². The number of carbonyl (C=O) groups excluding carboxylic acids is 2. The van der Waals surface area contributed by atoms with Crippen LogP contribution >= 0.6 is 11.6 Å². The Morgan fingerprint density at radius 2 is 1.47 bits per heavy atom. The third-order valence-electron chi connectivity index (χ3n) is 5.92. The van der Waals surface area contributed by atoms with Crippen LogP contribution in [0, 0.1) is 0 Å². The number of benzene rings is 1. The van der Waals surface area contributed by atoms with Crippen LogP contribution in [0.15, 0.2) is 40.8 Å². The van der Waals surface area contributed by atoms with Gasteiger partial charge in [0.2, 0.25) is 5.91 Å². The quantitative estimate of drug-likeness (QED) is 0.742. The topological polar surface area (TPSA) is 57.0 Å². The van der Waals surface area contributed by atoms with Crippen molar-refractivity contribution in [2.24, 2.45) is 0 Å². The molecule has 3 heterocycles. The molecule has 0 spiro atoms. The molecule has 2 aliphatic heterocycles. The number of hydrogen-bond donors (Lipinski definition) is 0. The fourth-order valence-corrected chi connectivity index (χ4v) is 4.22. The van der Waals surface area contributed by atoms with Crippen LogP contribution < -0.4 is 0 Å². The molecule has 160 valence electrons. The molecule has 4 rings (SSSR count). The summed E-state index contributed by atoms with van der Waals surface area (Å²) in [5, 5.41) is 0.661. The van der Waals surface area contributed by atoms with Crippen LogP contribution in [0.5, 0.6) is 0 Å². The van der Waals surface area contributed by atoms with E-state index < -0.39 is 0 Å². The predicted molar refractivity (Wildman–Crippen MR) is 117 cm³/mol. The number of amides is 2. The Balaban J connectivity index is 1.29. The smallest absolute Gasteiger partial charge is 0.289 e. The molecule has 30 heavy (non-hydrogen) atoms. The van der Waals surface area contributed by atoms with Gasteiger partial charge in [-0.3, -0.25) is 14.5 Å². The lowest BCUT2D eigenvalue weighted by atomic mass is 10.2. The van der Waals surface area contributed by atoms with Crippen molar-refractivity contribution in [3.05, 3.63) is 47.2 Å². The first-order chi connectivity index (χ1) is 14.6. The standard InChI is InChI=1S/C23H28ClN3O3/c24-19-7-5-18(6-8-19)20-9-10-21(30-20)23(29)27-15-13-25(14-16-27)17-22(28)26-11-3-1-2-4-12-26/h5-10H,1-4,11-17H2. The van der Waals surface area contributed by atoms with E-state index in [-0.39, 0.29) is 11.8 Å². The number of likely N-dealkylation sites (tertiary alicyclic amines) is 1. The lowest BCUT2D eigenvalue weighted by Crippen LogP contribution is -2.51. The highest BCUT2D eigenvalue weighted by Gasteiger charge is 2.26. The van der Waals surface area contributed by atoms with Gasteiger partial charge in [0.05, 0.1) is 6.54 Å². The maximum absolute atomic E-state index is 12.8. The lowest BCUT2D eigenvalue weighted by molar-refractivity contribution is -0.132. The molecule has 0 radical (unpaired) electrons. The van der Waals surface area contributed by atoms with E-state index in [4.69, 9.17) is 16.0 Å². The fraction of sp³-hybridized carbons (Fsp3) is 0.478. The second kappa shape index (κ2) is 9.67. The van der Waals surface area contributed by atoms with Crippen molar-refractivity contribution >= 4 is 23.4 Å². The van der Waals surface area contributed by atoms with Crippen LogP contribution in [0.3, 0.4) is 0 Å². The molecule has 0 atom stereocenters. The van der Waals surface area contributed by atoms with Gasteiger partial charge < -0.3 is 14.2 Å². The number of nitrogens with zero attached hydrogens (tertiary/aromatic N) is 3. The second-order valence-corrected chi connectivity index (χ2v) is 8.47. The summed E-state index contributed by atoms with van der Waals surface area (Å²) in [5.74, 6) is 1.11. The van der Waals surface area contributed by atoms with Crippen LogP contribution in [0.1, 0.15) is 36.2 Å². The van der Waals surface area contributed by atoms with Crippen molar-refractivity contribution in [1.29, 1.82) is 0 Å². The summed E-state index contributed by atoms with van der Waals surface area (Å²) in [4.78, 5) is 31.4. The predicted octanol–water partition coefficient (Wildman–Crippen LogP) is 3.76. The van der Waals surface area contributed by atoms with Gasteiger partial charge in [0.1, 0.15) is 5.76 Å². The van der Waals surface area contributed by atoms with Crippen molar-refractivity contribution in [3.8, 4) is 11.3 Å². The zero-order valence-corrected chi connectivity index (χ0v) is 17.9. The molecule has 2 aromatic rings. The summed E-state index contributed by atoms with van der Waals surface area (Å²) >= 11 is 5.93. The Morgan fingerprint density at radius 1 is 0.800 bits per heavy atom. The Hall–Kier alpha value is -2.31.